The van der Waals surface area contributed by atoms with Crippen molar-refractivity contribution in [1.29, 1.82) is 0 Å². The van der Waals surface area contributed by atoms with E-state index in [-0.39, 0.29) is 11.8 Å². The minimum atomic E-state index is 0.0550. The maximum absolute atomic E-state index is 11.8. The molecule has 1 aliphatic heterocycles. The summed E-state index contributed by atoms with van der Waals surface area (Å²) < 4.78 is 0. The molecule has 1 saturated heterocycles. The molecule has 1 heterocycles. The molecule has 0 saturated carbocycles. The standard InChI is InChI=1S/C17H25ClN2O/c1-2-20(17(21)11-18)14-16-9-6-10-19(13-16)12-15-7-4-3-5-8-15/h3-5,7-8,16H,2,6,9-14H2,1H3/t16-/m1/s1. The highest BCUT2D eigenvalue weighted by Gasteiger charge is 2.23. The number of likely N-dealkylation sites (tertiary alicyclic amines) is 1. The average molecular weight is 309 g/mol. The van der Waals surface area contributed by atoms with Crippen molar-refractivity contribution in [2.45, 2.75) is 26.3 Å². The van der Waals surface area contributed by atoms with Gasteiger partial charge in [-0.3, -0.25) is 9.69 Å². The number of carbonyl (C=O) groups excluding carboxylic acids is 1. The van der Waals surface area contributed by atoms with Gasteiger partial charge in [0.05, 0.1) is 0 Å². The molecule has 0 bridgehead atoms. The lowest BCUT2D eigenvalue weighted by Crippen LogP contribution is -2.43. The second kappa shape index (κ2) is 8.40. The smallest absolute Gasteiger partial charge is 0.237 e. The van der Waals surface area contributed by atoms with Gasteiger partial charge in [-0.2, -0.15) is 0 Å². The molecule has 2 rings (SSSR count). The van der Waals surface area contributed by atoms with Crippen LogP contribution in [0.5, 0.6) is 0 Å². The highest BCUT2D eigenvalue weighted by Crippen LogP contribution is 2.19. The summed E-state index contributed by atoms with van der Waals surface area (Å²) in [6.07, 6.45) is 2.42. The number of hydrogen-bond donors (Lipinski definition) is 0. The van der Waals surface area contributed by atoms with E-state index in [1.165, 1.54) is 18.4 Å². The van der Waals surface area contributed by atoms with Crippen molar-refractivity contribution in [3.05, 3.63) is 35.9 Å². The minimum Gasteiger partial charge on any atom is -0.342 e. The van der Waals surface area contributed by atoms with Crippen LogP contribution in [-0.2, 0) is 11.3 Å². The molecule has 1 aliphatic rings. The SMILES string of the molecule is CCN(C[C@@H]1CCCN(Cc2ccccc2)C1)C(=O)CCl. The van der Waals surface area contributed by atoms with Gasteiger partial charge in [0.1, 0.15) is 5.88 Å². The molecular weight excluding hydrogens is 284 g/mol. The van der Waals surface area contributed by atoms with Crippen LogP contribution >= 0.6 is 11.6 Å². The highest BCUT2D eigenvalue weighted by molar-refractivity contribution is 6.27. The lowest BCUT2D eigenvalue weighted by molar-refractivity contribution is -0.129. The van der Waals surface area contributed by atoms with E-state index in [9.17, 15) is 4.79 Å². The van der Waals surface area contributed by atoms with E-state index < -0.39 is 0 Å². The molecule has 1 aromatic carbocycles. The summed E-state index contributed by atoms with van der Waals surface area (Å²) in [5.41, 5.74) is 1.36. The van der Waals surface area contributed by atoms with Crippen LogP contribution in [0.1, 0.15) is 25.3 Å². The summed E-state index contributed by atoms with van der Waals surface area (Å²) in [6.45, 7) is 6.85. The van der Waals surface area contributed by atoms with Gasteiger partial charge in [-0.05, 0) is 37.8 Å². The number of alkyl halides is 1. The lowest BCUT2D eigenvalue weighted by Gasteiger charge is -2.35. The van der Waals surface area contributed by atoms with Crippen LogP contribution in [0.15, 0.2) is 30.3 Å². The molecule has 0 spiro atoms. The fourth-order valence-electron chi connectivity index (χ4n) is 3.09. The molecular formula is C17H25ClN2O. The first kappa shape index (κ1) is 16.3. The van der Waals surface area contributed by atoms with Crippen LogP contribution in [-0.4, -0.2) is 47.8 Å². The van der Waals surface area contributed by atoms with Gasteiger partial charge in [0.2, 0.25) is 5.91 Å². The fourth-order valence-corrected chi connectivity index (χ4v) is 3.26. The van der Waals surface area contributed by atoms with E-state index in [0.717, 1.165) is 32.7 Å². The summed E-state index contributed by atoms with van der Waals surface area (Å²) in [6, 6.07) is 10.6. The number of rotatable bonds is 6. The Kier molecular flexibility index (Phi) is 6.52. The molecule has 0 aliphatic carbocycles. The van der Waals surface area contributed by atoms with E-state index in [0.29, 0.717) is 5.92 Å². The first-order valence-corrected chi connectivity index (χ1v) is 8.36. The van der Waals surface area contributed by atoms with Crippen molar-refractivity contribution in [2.75, 3.05) is 32.1 Å². The molecule has 116 valence electrons. The van der Waals surface area contributed by atoms with Gasteiger partial charge in [0, 0.05) is 26.2 Å². The fraction of sp³-hybridized carbons (Fsp3) is 0.588. The second-order valence-electron chi connectivity index (χ2n) is 5.79. The summed E-state index contributed by atoms with van der Waals surface area (Å²) >= 11 is 5.68. The van der Waals surface area contributed by atoms with E-state index in [1.54, 1.807) is 0 Å². The Bertz CT molecular complexity index is 438. The number of benzene rings is 1. The van der Waals surface area contributed by atoms with Gasteiger partial charge in [-0.15, -0.1) is 11.6 Å². The Labute approximate surface area is 132 Å². The number of nitrogens with zero attached hydrogens (tertiary/aromatic N) is 2. The van der Waals surface area contributed by atoms with Crippen LogP contribution < -0.4 is 0 Å². The molecule has 3 nitrogen and oxygen atoms in total. The summed E-state index contributed by atoms with van der Waals surface area (Å²) in [7, 11) is 0. The van der Waals surface area contributed by atoms with Crippen molar-refractivity contribution in [3.8, 4) is 0 Å². The molecule has 21 heavy (non-hydrogen) atoms. The topological polar surface area (TPSA) is 23.6 Å². The Morgan fingerprint density at radius 1 is 1.38 bits per heavy atom. The van der Waals surface area contributed by atoms with Crippen LogP contribution in [0.25, 0.3) is 0 Å². The van der Waals surface area contributed by atoms with Crippen molar-refractivity contribution in [2.24, 2.45) is 5.92 Å². The maximum atomic E-state index is 11.8. The molecule has 1 fully saturated rings. The zero-order valence-corrected chi connectivity index (χ0v) is 13.6. The summed E-state index contributed by atoms with van der Waals surface area (Å²) in [4.78, 5) is 16.2. The number of halogens is 1. The number of amides is 1. The molecule has 1 aromatic rings. The van der Waals surface area contributed by atoms with Crippen molar-refractivity contribution >= 4 is 17.5 Å². The van der Waals surface area contributed by atoms with Crippen molar-refractivity contribution in [1.82, 2.24) is 9.80 Å². The summed E-state index contributed by atoms with van der Waals surface area (Å²) in [5.74, 6) is 0.711. The quantitative estimate of drug-likeness (QED) is 0.754. The Morgan fingerprint density at radius 3 is 2.81 bits per heavy atom. The third-order valence-electron chi connectivity index (χ3n) is 4.18. The van der Waals surface area contributed by atoms with E-state index in [4.69, 9.17) is 11.6 Å². The number of hydrogen-bond acceptors (Lipinski definition) is 2. The Balaban J connectivity index is 1.87. The third kappa shape index (κ3) is 5.01. The van der Waals surface area contributed by atoms with E-state index in [1.807, 2.05) is 11.8 Å². The highest BCUT2D eigenvalue weighted by atomic mass is 35.5. The minimum absolute atomic E-state index is 0.0550. The van der Waals surface area contributed by atoms with Crippen LogP contribution in [0, 0.1) is 5.92 Å². The van der Waals surface area contributed by atoms with Crippen LogP contribution in [0.2, 0.25) is 0 Å². The van der Waals surface area contributed by atoms with E-state index in [2.05, 4.69) is 35.2 Å². The third-order valence-corrected chi connectivity index (χ3v) is 4.41. The molecule has 0 N–H and O–H groups in total. The molecule has 0 unspecified atom stereocenters. The number of piperidine rings is 1. The number of carbonyl (C=O) groups is 1. The van der Waals surface area contributed by atoms with Gasteiger partial charge >= 0.3 is 0 Å². The molecule has 1 amide bonds. The summed E-state index contributed by atoms with van der Waals surface area (Å²) in [5, 5.41) is 0. The van der Waals surface area contributed by atoms with Crippen molar-refractivity contribution in [3.63, 3.8) is 0 Å². The normalized spacial score (nSPS) is 19.4. The zero-order valence-electron chi connectivity index (χ0n) is 12.8. The molecule has 0 radical (unpaired) electrons. The predicted molar refractivity (Wildman–Crippen MR) is 87.4 cm³/mol. The van der Waals surface area contributed by atoms with Crippen LogP contribution in [0.4, 0.5) is 0 Å². The average Bonchev–Trinajstić information content (AvgIpc) is 2.53. The monoisotopic (exact) mass is 308 g/mol. The zero-order chi connectivity index (χ0) is 15.1. The van der Waals surface area contributed by atoms with Gasteiger partial charge in [0.15, 0.2) is 0 Å². The lowest BCUT2D eigenvalue weighted by atomic mass is 9.97. The van der Waals surface area contributed by atoms with Crippen molar-refractivity contribution < 1.29 is 4.79 Å². The predicted octanol–water partition coefficient (Wildman–Crippen LogP) is 2.99. The first-order chi connectivity index (χ1) is 10.2. The Hall–Kier alpha value is -1.06. The largest absolute Gasteiger partial charge is 0.342 e. The molecule has 0 aromatic heterocycles. The second-order valence-corrected chi connectivity index (χ2v) is 6.06. The van der Waals surface area contributed by atoms with E-state index >= 15 is 0 Å². The van der Waals surface area contributed by atoms with Crippen LogP contribution in [0.3, 0.4) is 0 Å². The Morgan fingerprint density at radius 2 is 2.14 bits per heavy atom. The van der Waals surface area contributed by atoms with Gasteiger partial charge in [-0.25, -0.2) is 0 Å². The maximum Gasteiger partial charge on any atom is 0.237 e. The van der Waals surface area contributed by atoms with Gasteiger partial charge in [0.25, 0.3) is 0 Å². The van der Waals surface area contributed by atoms with Gasteiger partial charge < -0.3 is 4.90 Å². The molecule has 1 atom stereocenters. The molecule has 4 heteroatoms. The van der Waals surface area contributed by atoms with Gasteiger partial charge in [-0.1, -0.05) is 30.3 Å². The first-order valence-electron chi connectivity index (χ1n) is 7.83.